The lowest BCUT2D eigenvalue weighted by molar-refractivity contribution is -0.140. The highest BCUT2D eigenvalue weighted by Gasteiger charge is 2.33. The van der Waals surface area contributed by atoms with Crippen LogP contribution < -0.4 is 14.4 Å². The zero-order valence-electron chi connectivity index (χ0n) is 22.6. The third-order valence-electron chi connectivity index (χ3n) is 6.15. The summed E-state index contributed by atoms with van der Waals surface area (Å²) >= 11 is 9.66. The van der Waals surface area contributed by atoms with Crippen molar-refractivity contribution in [1.82, 2.24) is 10.2 Å². The van der Waals surface area contributed by atoms with E-state index in [1.807, 2.05) is 61.5 Å². The predicted octanol–water partition coefficient (Wildman–Crippen LogP) is 5.04. The number of ether oxygens (including phenoxy) is 1. The van der Waals surface area contributed by atoms with Gasteiger partial charge in [0.15, 0.2) is 0 Å². The Balaban J connectivity index is 2.08. The Bertz CT molecular complexity index is 1420. The van der Waals surface area contributed by atoms with Crippen LogP contribution in [0.25, 0.3) is 0 Å². The smallest absolute Gasteiger partial charge is 0.244 e. The molecule has 40 heavy (non-hydrogen) atoms. The van der Waals surface area contributed by atoms with E-state index in [0.717, 1.165) is 32.6 Å². The first-order valence-electron chi connectivity index (χ1n) is 12.7. The third-order valence-corrected chi connectivity index (χ3v) is 8.01. The molecule has 0 aliphatic rings. The first-order valence-corrected chi connectivity index (χ1v) is 15.7. The van der Waals surface area contributed by atoms with Crippen LogP contribution in [-0.2, 0) is 32.6 Å². The SMILES string of the molecule is CCCNC(=O)[C@H](Cc1ccccc1)N(Cc1cccc(Br)c1)C(=O)CN(c1cc(Cl)ccc1OC)S(C)(=O)=O. The second-order valence-electron chi connectivity index (χ2n) is 9.23. The van der Waals surface area contributed by atoms with E-state index in [-0.39, 0.29) is 35.3 Å². The number of anilines is 1. The average molecular weight is 651 g/mol. The molecule has 0 heterocycles. The molecule has 0 aliphatic carbocycles. The summed E-state index contributed by atoms with van der Waals surface area (Å²) in [7, 11) is -2.55. The van der Waals surface area contributed by atoms with Crippen molar-refractivity contribution in [3.05, 3.63) is 93.4 Å². The van der Waals surface area contributed by atoms with Gasteiger partial charge in [0.05, 0.1) is 19.1 Å². The van der Waals surface area contributed by atoms with Crippen molar-refractivity contribution in [3.8, 4) is 5.75 Å². The Kier molecular flexibility index (Phi) is 11.4. The van der Waals surface area contributed by atoms with Crippen molar-refractivity contribution < 1.29 is 22.7 Å². The van der Waals surface area contributed by atoms with E-state index in [9.17, 15) is 18.0 Å². The highest BCUT2D eigenvalue weighted by Crippen LogP contribution is 2.33. The summed E-state index contributed by atoms with van der Waals surface area (Å²) in [5.74, 6) is -0.636. The van der Waals surface area contributed by atoms with Gasteiger partial charge in [0, 0.05) is 29.0 Å². The van der Waals surface area contributed by atoms with Gasteiger partial charge in [0.2, 0.25) is 21.8 Å². The van der Waals surface area contributed by atoms with Gasteiger partial charge in [-0.15, -0.1) is 0 Å². The van der Waals surface area contributed by atoms with Crippen LogP contribution in [-0.4, -0.2) is 57.6 Å². The second-order valence-corrected chi connectivity index (χ2v) is 12.5. The van der Waals surface area contributed by atoms with Gasteiger partial charge in [0.1, 0.15) is 18.3 Å². The van der Waals surface area contributed by atoms with Gasteiger partial charge in [-0.3, -0.25) is 13.9 Å². The summed E-state index contributed by atoms with van der Waals surface area (Å²) in [4.78, 5) is 29.1. The lowest BCUT2D eigenvalue weighted by atomic mass is 10.0. The van der Waals surface area contributed by atoms with E-state index in [1.165, 1.54) is 24.1 Å². The largest absolute Gasteiger partial charge is 0.495 e. The highest BCUT2D eigenvalue weighted by molar-refractivity contribution is 9.10. The molecule has 0 spiro atoms. The molecule has 0 saturated heterocycles. The molecule has 11 heteroatoms. The summed E-state index contributed by atoms with van der Waals surface area (Å²) < 4.78 is 33.1. The number of nitrogens with zero attached hydrogens (tertiary/aromatic N) is 2. The maximum atomic E-state index is 14.1. The summed E-state index contributed by atoms with van der Waals surface area (Å²) in [6.07, 6.45) is 1.98. The van der Waals surface area contributed by atoms with Crippen LogP contribution in [0, 0.1) is 0 Å². The fraction of sp³-hybridized carbons (Fsp3) is 0.310. The molecule has 0 radical (unpaired) electrons. The molecule has 3 aromatic carbocycles. The standard InChI is InChI=1S/C29H33BrClN3O5S/c1-4-15-32-29(36)26(17-21-9-6-5-7-10-21)33(19-22-11-8-12-23(30)16-22)28(35)20-34(40(3,37)38)25-18-24(31)13-14-27(25)39-2/h5-14,16,18,26H,4,15,17,19-20H2,1-3H3,(H,32,36)/t26-/m0/s1. The quantitative estimate of drug-likeness (QED) is 0.280. The zero-order chi connectivity index (χ0) is 29.3. The topological polar surface area (TPSA) is 96.0 Å². The van der Waals surface area contributed by atoms with Crippen LogP contribution in [0.1, 0.15) is 24.5 Å². The molecule has 3 aromatic rings. The van der Waals surface area contributed by atoms with Crippen molar-refractivity contribution in [2.75, 3.05) is 30.8 Å². The van der Waals surface area contributed by atoms with Gasteiger partial charge in [-0.25, -0.2) is 8.42 Å². The first-order chi connectivity index (χ1) is 19.0. The summed E-state index contributed by atoms with van der Waals surface area (Å²) in [6.45, 7) is 1.91. The predicted molar refractivity (Wildman–Crippen MR) is 162 cm³/mol. The lowest BCUT2D eigenvalue weighted by Gasteiger charge is -2.33. The van der Waals surface area contributed by atoms with Gasteiger partial charge in [0.25, 0.3) is 0 Å². The highest BCUT2D eigenvalue weighted by atomic mass is 79.9. The Morgan fingerprint density at radius 2 is 1.73 bits per heavy atom. The van der Waals surface area contributed by atoms with Crippen LogP contribution in [0.2, 0.25) is 5.02 Å². The number of halogens is 2. The Hall–Kier alpha value is -3.08. The minimum Gasteiger partial charge on any atom is -0.495 e. The number of nitrogens with one attached hydrogen (secondary N) is 1. The average Bonchev–Trinajstić information content (AvgIpc) is 2.92. The number of carbonyl (C=O) groups is 2. The summed E-state index contributed by atoms with van der Waals surface area (Å²) in [5, 5.41) is 3.20. The van der Waals surface area contributed by atoms with Crippen molar-refractivity contribution in [2.24, 2.45) is 0 Å². The van der Waals surface area contributed by atoms with Crippen LogP contribution in [0.5, 0.6) is 5.75 Å². The molecule has 0 bridgehead atoms. The monoisotopic (exact) mass is 649 g/mol. The van der Waals surface area contributed by atoms with Crippen molar-refractivity contribution in [1.29, 1.82) is 0 Å². The molecule has 0 fully saturated rings. The lowest BCUT2D eigenvalue weighted by Crippen LogP contribution is -2.53. The Morgan fingerprint density at radius 1 is 1.02 bits per heavy atom. The number of sulfonamides is 1. The molecule has 1 N–H and O–H groups in total. The molecule has 3 rings (SSSR count). The minimum atomic E-state index is -3.96. The number of hydrogen-bond donors (Lipinski definition) is 1. The summed E-state index contributed by atoms with van der Waals surface area (Å²) in [6, 6.07) is 20.4. The molecule has 8 nitrogen and oxygen atoms in total. The Morgan fingerprint density at radius 3 is 2.35 bits per heavy atom. The summed E-state index contributed by atoms with van der Waals surface area (Å²) in [5.41, 5.74) is 1.77. The van der Waals surface area contributed by atoms with Crippen LogP contribution in [0.4, 0.5) is 5.69 Å². The molecule has 0 aromatic heterocycles. The molecular weight excluding hydrogens is 618 g/mol. The maximum absolute atomic E-state index is 14.1. The van der Waals surface area contributed by atoms with Crippen LogP contribution in [0.3, 0.4) is 0 Å². The van der Waals surface area contributed by atoms with E-state index in [0.29, 0.717) is 6.54 Å². The molecule has 0 unspecified atom stereocenters. The maximum Gasteiger partial charge on any atom is 0.244 e. The van der Waals surface area contributed by atoms with Gasteiger partial charge in [-0.1, -0.05) is 76.9 Å². The normalized spacial score (nSPS) is 11.9. The van der Waals surface area contributed by atoms with Crippen molar-refractivity contribution >= 4 is 55.1 Å². The van der Waals surface area contributed by atoms with E-state index in [1.54, 1.807) is 6.07 Å². The fourth-order valence-corrected chi connectivity index (χ4v) is 5.66. The van der Waals surface area contributed by atoms with Gasteiger partial charge in [-0.2, -0.15) is 0 Å². The van der Waals surface area contributed by atoms with Gasteiger partial charge >= 0.3 is 0 Å². The molecule has 0 aliphatic heterocycles. The minimum absolute atomic E-state index is 0.0829. The zero-order valence-corrected chi connectivity index (χ0v) is 25.8. The number of methoxy groups -OCH3 is 1. The van der Waals surface area contributed by atoms with E-state index in [2.05, 4.69) is 21.2 Å². The van der Waals surface area contributed by atoms with Crippen LogP contribution in [0.15, 0.2) is 77.3 Å². The van der Waals surface area contributed by atoms with Crippen molar-refractivity contribution in [3.63, 3.8) is 0 Å². The number of rotatable bonds is 13. The van der Waals surface area contributed by atoms with Crippen LogP contribution >= 0.6 is 27.5 Å². The number of hydrogen-bond acceptors (Lipinski definition) is 5. The van der Waals surface area contributed by atoms with Gasteiger partial charge in [-0.05, 0) is 47.9 Å². The van der Waals surface area contributed by atoms with E-state index < -0.39 is 28.5 Å². The molecule has 0 saturated carbocycles. The van der Waals surface area contributed by atoms with E-state index >= 15 is 0 Å². The molecule has 214 valence electrons. The first kappa shape index (κ1) is 31.4. The molecule has 1 atom stereocenters. The number of benzene rings is 3. The van der Waals surface area contributed by atoms with Gasteiger partial charge < -0.3 is 15.0 Å². The van der Waals surface area contributed by atoms with E-state index in [4.69, 9.17) is 16.3 Å². The number of carbonyl (C=O) groups excluding carboxylic acids is 2. The fourth-order valence-electron chi connectivity index (χ4n) is 4.20. The third kappa shape index (κ3) is 8.71. The second kappa shape index (κ2) is 14.5. The number of amides is 2. The Labute approximate surface area is 249 Å². The molecule has 2 amide bonds. The van der Waals surface area contributed by atoms with Crippen molar-refractivity contribution in [2.45, 2.75) is 32.4 Å². The molecular formula is C29H33BrClN3O5S.